The number of carbonyl (C=O) groups is 2. The SMILES string of the molecule is O=C(/C=C1/N[C@@H](c2ccccc2)CO1)c1ccccc1.O=C(/C=C1\N[C@@H](c2ccccc2)CO1)c1ccccc1.[Cu]. The molecule has 0 unspecified atom stereocenters. The van der Waals surface area contributed by atoms with E-state index in [2.05, 4.69) is 10.6 Å². The van der Waals surface area contributed by atoms with Gasteiger partial charge in [0.25, 0.3) is 0 Å². The summed E-state index contributed by atoms with van der Waals surface area (Å²) in [6, 6.07) is 38.7. The number of hydrogen-bond donors (Lipinski definition) is 2. The second-order valence-electron chi connectivity index (χ2n) is 9.31. The van der Waals surface area contributed by atoms with Crippen LogP contribution >= 0.6 is 0 Å². The molecule has 211 valence electrons. The third-order valence-electron chi connectivity index (χ3n) is 6.49. The third-order valence-corrected chi connectivity index (χ3v) is 6.49. The second-order valence-corrected chi connectivity index (χ2v) is 9.31. The molecule has 0 aromatic heterocycles. The first-order valence-electron chi connectivity index (χ1n) is 13.2. The van der Waals surface area contributed by atoms with Gasteiger partial charge in [-0.15, -0.1) is 0 Å². The molecule has 0 aliphatic carbocycles. The van der Waals surface area contributed by atoms with E-state index in [1.54, 1.807) is 24.3 Å². The van der Waals surface area contributed by atoms with E-state index in [4.69, 9.17) is 9.47 Å². The molecule has 0 bridgehead atoms. The summed E-state index contributed by atoms with van der Waals surface area (Å²) >= 11 is 0. The first-order chi connectivity index (χ1) is 19.7. The van der Waals surface area contributed by atoms with Crippen molar-refractivity contribution >= 4 is 11.6 Å². The molecule has 2 heterocycles. The quantitative estimate of drug-likeness (QED) is 0.159. The summed E-state index contributed by atoms with van der Waals surface area (Å²) in [4.78, 5) is 24.1. The standard InChI is InChI=1S/2C17H15NO2.Cu/c2*19-16(14-9-5-2-6-10-14)11-17-18-15(12-20-17)13-7-3-1-4-8-13;/h2*1-11,15,18H,12H2;/b17-11+;17-11-;/t2*15-;/m11./s1. The van der Waals surface area contributed by atoms with Crippen molar-refractivity contribution in [3.05, 3.63) is 167 Å². The van der Waals surface area contributed by atoms with Gasteiger partial charge in [0.1, 0.15) is 13.2 Å². The minimum Gasteiger partial charge on any atom is -0.477 e. The van der Waals surface area contributed by atoms with Crippen molar-refractivity contribution in [2.75, 3.05) is 13.2 Å². The molecule has 0 saturated carbocycles. The van der Waals surface area contributed by atoms with Crippen molar-refractivity contribution in [1.82, 2.24) is 10.6 Å². The Hall–Kier alpha value is -4.58. The van der Waals surface area contributed by atoms with E-state index in [0.29, 0.717) is 36.1 Å². The third kappa shape index (κ3) is 8.21. The normalized spacial score (nSPS) is 18.9. The van der Waals surface area contributed by atoms with Crippen LogP contribution in [-0.4, -0.2) is 24.8 Å². The Balaban J connectivity index is 0.000000184. The average Bonchev–Trinajstić information content (AvgIpc) is 3.69. The van der Waals surface area contributed by atoms with Crippen LogP contribution in [0.15, 0.2) is 145 Å². The molecule has 6 rings (SSSR count). The molecule has 2 aliphatic heterocycles. The van der Waals surface area contributed by atoms with Crippen molar-refractivity contribution < 1.29 is 36.1 Å². The van der Waals surface area contributed by atoms with E-state index in [-0.39, 0.29) is 40.7 Å². The first-order valence-corrected chi connectivity index (χ1v) is 13.2. The van der Waals surface area contributed by atoms with Gasteiger partial charge in [0, 0.05) is 40.3 Å². The van der Waals surface area contributed by atoms with Gasteiger partial charge in [0.2, 0.25) is 0 Å². The van der Waals surface area contributed by atoms with Crippen LogP contribution in [0.25, 0.3) is 0 Å². The van der Waals surface area contributed by atoms with Gasteiger partial charge in [-0.25, -0.2) is 0 Å². The maximum Gasteiger partial charge on any atom is 0.191 e. The Morgan fingerprint density at radius 2 is 0.854 bits per heavy atom. The monoisotopic (exact) mass is 593 g/mol. The number of rotatable bonds is 6. The zero-order chi connectivity index (χ0) is 27.6. The van der Waals surface area contributed by atoms with E-state index in [9.17, 15) is 9.59 Å². The molecule has 4 aromatic carbocycles. The zero-order valence-corrected chi connectivity index (χ0v) is 23.1. The Morgan fingerprint density at radius 3 is 1.20 bits per heavy atom. The summed E-state index contributed by atoms with van der Waals surface area (Å²) in [6.45, 7) is 1.08. The smallest absolute Gasteiger partial charge is 0.191 e. The average molecular weight is 594 g/mol. The number of carbonyl (C=O) groups excluding carboxylic acids is 2. The molecule has 6 nitrogen and oxygen atoms in total. The van der Waals surface area contributed by atoms with Gasteiger partial charge in [0.05, 0.1) is 12.1 Å². The molecule has 2 atom stereocenters. The molecule has 1 radical (unpaired) electrons. The summed E-state index contributed by atoms with van der Waals surface area (Å²) in [7, 11) is 0. The van der Waals surface area contributed by atoms with Gasteiger partial charge in [-0.3, -0.25) is 9.59 Å². The minimum absolute atomic E-state index is 0. The summed E-state index contributed by atoms with van der Waals surface area (Å²) < 4.78 is 11.1. The fraction of sp³-hybridized carbons (Fsp3) is 0.118. The molecular formula is C34H30CuN2O4. The van der Waals surface area contributed by atoms with Gasteiger partial charge < -0.3 is 20.1 Å². The zero-order valence-electron chi connectivity index (χ0n) is 22.2. The summed E-state index contributed by atoms with van der Waals surface area (Å²) in [5.41, 5.74) is 3.63. The minimum atomic E-state index is -0.0539. The molecule has 4 aromatic rings. The largest absolute Gasteiger partial charge is 0.477 e. The second kappa shape index (κ2) is 14.7. The van der Waals surface area contributed by atoms with Crippen molar-refractivity contribution in [2.45, 2.75) is 12.1 Å². The van der Waals surface area contributed by atoms with Crippen LogP contribution in [0.3, 0.4) is 0 Å². The summed E-state index contributed by atoms with van der Waals surface area (Å²) in [5, 5.41) is 6.45. The summed E-state index contributed by atoms with van der Waals surface area (Å²) in [6.07, 6.45) is 3.02. The van der Waals surface area contributed by atoms with Crippen molar-refractivity contribution in [1.29, 1.82) is 0 Å². The van der Waals surface area contributed by atoms with E-state index in [1.165, 1.54) is 12.2 Å². The molecule has 2 aliphatic rings. The van der Waals surface area contributed by atoms with Gasteiger partial charge in [-0.1, -0.05) is 121 Å². The molecule has 2 N–H and O–H groups in total. The van der Waals surface area contributed by atoms with Gasteiger partial charge in [-0.05, 0) is 11.1 Å². The number of ketones is 2. The Bertz CT molecular complexity index is 1360. The molecule has 7 heteroatoms. The molecule has 0 amide bonds. The molecule has 2 fully saturated rings. The van der Waals surface area contributed by atoms with Crippen molar-refractivity contribution in [3.63, 3.8) is 0 Å². The Kier molecular flexibility index (Phi) is 10.5. The molecule has 41 heavy (non-hydrogen) atoms. The van der Waals surface area contributed by atoms with Gasteiger partial charge in [-0.2, -0.15) is 0 Å². The number of hydrogen-bond acceptors (Lipinski definition) is 6. The molecular weight excluding hydrogens is 564 g/mol. The number of nitrogens with one attached hydrogen (secondary N) is 2. The fourth-order valence-electron chi connectivity index (χ4n) is 4.36. The molecule has 0 spiro atoms. The van der Waals surface area contributed by atoms with Crippen LogP contribution in [0.4, 0.5) is 0 Å². The molecule has 2 saturated heterocycles. The van der Waals surface area contributed by atoms with Crippen LogP contribution in [0.2, 0.25) is 0 Å². The van der Waals surface area contributed by atoms with E-state index in [1.807, 2.05) is 97.1 Å². The van der Waals surface area contributed by atoms with E-state index < -0.39 is 0 Å². The Labute approximate surface area is 250 Å². The Morgan fingerprint density at radius 1 is 0.537 bits per heavy atom. The van der Waals surface area contributed by atoms with E-state index >= 15 is 0 Å². The number of benzene rings is 4. The van der Waals surface area contributed by atoms with Gasteiger partial charge >= 0.3 is 0 Å². The van der Waals surface area contributed by atoms with Gasteiger partial charge in [0.15, 0.2) is 23.3 Å². The summed E-state index contributed by atoms with van der Waals surface area (Å²) in [5.74, 6) is 0.962. The van der Waals surface area contributed by atoms with Crippen LogP contribution in [-0.2, 0) is 26.5 Å². The topological polar surface area (TPSA) is 76.7 Å². The van der Waals surface area contributed by atoms with Crippen LogP contribution in [0, 0.1) is 0 Å². The maximum atomic E-state index is 12.0. The number of ether oxygens (including phenoxy) is 2. The predicted octanol–water partition coefficient (Wildman–Crippen LogP) is 6.14. The first kappa shape index (κ1) is 29.4. The van der Waals surface area contributed by atoms with E-state index in [0.717, 1.165) is 11.1 Å². The van der Waals surface area contributed by atoms with Crippen molar-refractivity contribution in [3.8, 4) is 0 Å². The predicted molar refractivity (Wildman–Crippen MR) is 154 cm³/mol. The van der Waals surface area contributed by atoms with Crippen molar-refractivity contribution in [2.24, 2.45) is 0 Å². The maximum absolute atomic E-state index is 12.0. The van der Waals surface area contributed by atoms with Crippen LogP contribution in [0.1, 0.15) is 43.9 Å². The fourth-order valence-corrected chi connectivity index (χ4v) is 4.36. The van der Waals surface area contributed by atoms with Crippen LogP contribution < -0.4 is 10.6 Å². The number of allylic oxidation sites excluding steroid dienone is 2. The van der Waals surface area contributed by atoms with Crippen LogP contribution in [0.5, 0.6) is 0 Å².